The standard InChI is InChI=1S/C21H16FN3O4S/c22-16-9-5-4-8-15(16)21(27)25-18-11-10-14(30(23,28)29)12-17(18)24-20(26)19(25)13-6-2-1-3-7-13/h1-12,19H,(H,24,26)(H2,23,28,29). The van der Waals surface area contributed by atoms with Gasteiger partial charge in [0, 0.05) is 0 Å². The van der Waals surface area contributed by atoms with Crippen molar-refractivity contribution in [2.24, 2.45) is 5.14 Å². The second kappa shape index (κ2) is 7.36. The third kappa shape index (κ3) is 3.44. The van der Waals surface area contributed by atoms with Crippen molar-refractivity contribution in [2.45, 2.75) is 10.9 Å². The fourth-order valence-electron chi connectivity index (χ4n) is 3.39. The summed E-state index contributed by atoms with van der Waals surface area (Å²) in [4.78, 5) is 27.3. The Morgan fingerprint density at radius 1 is 1.00 bits per heavy atom. The number of nitrogens with two attached hydrogens (primary N) is 1. The number of sulfonamides is 1. The molecule has 0 saturated heterocycles. The Bertz CT molecular complexity index is 1260. The zero-order valence-electron chi connectivity index (χ0n) is 15.4. The van der Waals surface area contributed by atoms with Crippen molar-refractivity contribution in [3.05, 3.63) is 89.7 Å². The predicted octanol–water partition coefficient (Wildman–Crippen LogP) is 2.81. The van der Waals surface area contributed by atoms with Gasteiger partial charge in [0.1, 0.15) is 11.9 Å². The molecule has 1 aliphatic heterocycles. The number of hydrogen-bond acceptors (Lipinski definition) is 4. The van der Waals surface area contributed by atoms with E-state index in [-0.39, 0.29) is 21.8 Å². The van der Waals surface area contributed by atoms with E-state index in [4.69, 9.17) is 5.14 Å². The Balaban J connectivity index is 1.92. The number of hydrogen-bond donors (Lipinski definition) is 2. The van der Waals surface area contributed by atoms with E-state index in [9.17, 15) is 22.4 Å². The Labute approximate surface area is 172 Å². The fraction of sp³-hybridized carbons (Fsp3) is 0.0476. The van der Waals surface area contributed by atoms with E-state index in [0.717, 1.165) is 11.0 Å². The quantitative estimate of drug-likeness (QED) is 0.672. The molecule has 3 aromatic carbocycles. The molecule has 1 heterocycles. The molecular weight excluding hydrogens is 409 g/mol. The van der Waals surface area contributed by atoms with Gasteiger partial charge in [0.2, 0.25) is 10.0 Å². The van der Waals surface area contributed by atoms with E-state index in [0.29, 0.717) is 5.56 Å². The summed E-state index contributed by atoms with van der Waals surface area (Å²) in [7, 11) is -4.03. The van der Waals surface area contributed by atoms with E-state index in [1.54, 1.807) is 30.3 Å². The van der Waals surface area contributed by atoms with Gasteiger partial charge in [-0.05, 0) is 35.9 Å². The minimum absolute atomic E-state index is 0.0865. The van der Waals surface area contributed by atoms with Crippen LogP contribution in [0, 0.1) is 5.82 Å². The first-order chi connectivity index (χ1) is 14.3. The topological polar surface area (TPSA) is 110 Å². The maximum absolute atomic E-state index is 14.4. The van der Waals surface area contributed by atoms with Crippen LogP contribution < -0.4 is 15.4 Å². The van der Waals surface area contributed by atoms with Gasteiger partial charge >= 0.3 is 0 Å². The van der Waals surface area contributed by atoms with Crippen LogP contribution in [0.15, 0.2) is 77.7 Å². The molecule has 2 amide bonds. The van der Waals surface area contributed by atoms with Crippen molar-refractivity contribution >= 4 is 33.2 Å². The average molecular weight is 425 g/mol. The molecule has 0 fully saturated rings. The van der Waals surface area contributed by atoms with Gasteiger partial charge in [0.05, 0.1) is 21.8 Å². The Morgan fingerprint density at radius 3 is 2.33 bits per heavy atom. The van der Waals surface area contributed by atoms with Gasteiger partial charge in [-0.2, -0.15) is 0 Å². The number of benzene rings is 3. The molecule has 4 rings (SSSR count). The van der Waals surface area contributed by atoms with Crippen LogP contribution in [0.5, 0.6) is 0 Å². The molecule has 152 valence electrons. The zero-order chi connectivity index (χ0) is 21.5. The minimum atomic E-state index is -4.03. The van der Waals surface area contributed by atoms with Gasteiger partial charge in [0.15, 0.2) is 0 Å². The molecule has 7 nitrogen and oxygen atoms in total. The van der Waals surface area contributed by atoms with Gasteiger partial charge in [-0.15, -0.1) is 0 Å². The summed E-state index contributed by atoms with van der Waals surface area (Å²) in [5.41, 5.74) is 0.614. The fourth-order valence-corrected chi connectivity index (χ4v) is 3.93. The molecule has 0 bridgehead atoms. The summed E-state index contributed by atoms with van der Waals surface area (Å²) in [6.07, 6.45) is 0. The molecule has 0 aromatic heterocycles. The molecular formula is C21H16FN3O4S. The molecule has 1 atom stereocenters. The van der Waals surface area contributed by atoms with Crippen molar-refractivity contribution in [1.29, 1.82) is 0 Å². The van der Waals surface area contributed by atoms with Crippen LogP contribution in [-0.4, -0.2) is 20.2 Å². The van der Waals surface area contributed by atoms with Gasteiger partial charge in [0.25, 0.3) is 11.8 Å². The SMILES string of the molecule is NS(=O)(=O)c1ccc2c(c1)NC(=O)C(c1ccccc1)N2C(=O)c1ccccc1F. The number of nitrogens with one attached hydrogen (secondary N) is 1. The highest BCUT2D eigenvalue weighted by molar-refractivity contribution is 7.89. The van der Waals surface area contributed by atoms with Crippen molar-refractivity contribution in [1.82, 2.24) is 0 Å². The molecule has 3 aromatic rings. The summed E-state index contributed by atoms with van der Waals surface area (Å²) >= 11 is 0. The lowest BCUT2D eigenvalue weighted by atomic mass is 9.98. The van der Waals surface area contributed by atoms with Crippen LogP contribution in [0.4, 0.5) is 15.8 Å². The first kappa shape index (κ1) is 19.7. The molecule has 0 spiro atoms. The molecule has 0 saturated carbocycles. The second-order valence-corrected chi connectivity index (χ2v) is 8.24. The minimum Gasteiger partial charge on any atom is -0.322 e. The zero-order valence-corrected chi connectivity index (χ0v) is 16.3. The Kier molecular flexibility index (Phi) is 4.84. The van der Waals surface area contributed by atoms with Gasteiger partial charge in [-0.3, -0.25) is 14.5 Å². The lowest BCUT2D eigenvalue weighted by molar-refractivity contribution is -0.117. The lowest BCUT2D eigenvalue weighted by Crippen LogP contribution is -2.45. The number of rotatable bonds is 3. The largest absolute Gasteiger partial charge is 0.322 e. The monoisotopic (exact) mass is 425 g/mol. The lowest BCUT2D eigenvalue weighted by Gasteiger charge is -2.37. The highest BCUT2D eigenvalue weighted by Crippen LogP contribution is 2.40. The van der Waals surface area contributed by atoms with Crippen molar-refractivity contribution in [3.63, 3.8) is 0 Å². The summed E-state index contributed by atoms with van der Waals surface area (Å²) < 4.78 is 37.8. The van der Waals surface area contributed by atoms with Crippen molar-refractivity contribution < 1.29 is 22.4 Å². The predicted molar refractivity (Wildman–Crippen MR) is 109 cm³/mol. The molecule has 1 unspecified atom stereocenters. The summed E-state index contributed by atoms with van der Waals surface area (Å²) in [5.74, 6) is -2.03. The van der Waals surface area contributed by atoms with Crippen LogP contribution in [0.1, 0.15) is 22.0 Å². The molecule has 0 radical (unpaired) electrons. The van der Waals surface area contributed by atoms with Gasteiger partial charge < -0.3 is 5.32 Å². The number of carbonyl (C=O) groups excluding carboxylic acids is 2. The molecule has 30 heavy (non-hydrogen) atoms. The maximum Gasteiger partial charge on any atom is 0.262 e. The molecule has 3 N–H and O–H groups in total. The highest BCUT2D eigenvalue weighted by Gasteiger charge is 2.39. The molecule has 0 aliphatic carbocycles. The number of nitrogens with zero attached hydrogens (tertiary/aromatic N) is 1. The van der Waals surface area contributed by atoms with Crippen LogP contribution in [-0.2, 0) is 14.8 Å². The number of amides is 2. The summed E-state index contributed by atoms with van der Waals surface area (Å²) in [5, 5.41) is 7.80. The van der Waals surface area contributed by atoms with Crippen molar-refractivity contribution in [3.8, 4) is 0 Å². The van der Waals surface area contributed by atoms with Gasteiger partial charge in [-0.1, -0.05) is 42.5 Å². The number of anilines is 2. The Hall–Kier alpha value is -3.56. The Morgan fingerprint density at radius 2 is 1.67 bits per heavy atom. The first-order valence-electron chi connectivity index (χ1n) is 8.88. The van der Waals surface area contributed by atoms with E-state index < -0.39 is 33.7 Å². The van der Waals surface area contributed by atoms with Gasteiger partial charge in [-0.25, -0.2) is 17.9 Å². The van der Waals surface area contributed by atoms with Crippen LogP contribution in [0.2, 0.25) is 0 Å². The van der Waals surface area contributed by atoms with E-state index in [1.807, 2.05) is 0 Å². The molecule has 1 aliphatic rings. The first-order valence-corrected chi connectivity index (χ1v) is 10.4. The summed E-state index contributed by atoms with van der Waals surface area (Å²) in [6, 6.07) is 16.7. The number of halogens is 1. The van der Waals surface area contributed by atoms with E-state index in [2.05, 4.69) is 5.32 Å². The number of fused-ring (bicyclic) bond motifs is 1. The van der Waals surface area contributed by atoms with Crippen LogP contribution >= 0.6 is 0 Å². The van der Waals surface area contributed by atoms with Crippen LogP contribution in [0.3, 0.4) is 0 Å². The van der Waals surface area contributed by atoms with Crippen molar-refractivity contribution in [2.75, 3.05) is 10.2 Å². The highest BCUT2D eigenvalue weighted by atomic mass is 32.2. The second-order valence-electron chi connectivity index (χ2n) is 6.68. The maximum atomic E-state index is 14.4. The van der Waals surface area contributed by atoms with E-state index >= 15 is 0 Å². The van der Waals surface area contributed by atoms with E-state index in [1.165, 1.54) is 36.4 Å². The number of primary sulfonamides is 1. The molecule has 9 heteroatoms. The van der Waals surface area contributed by atoms with Crippen LogP contribution in [0.25, 0.3) is 0 Å². The normalized spacial score (nSPS) is 16.0. The third-order valence-corrected chi connectivity index (χ3v) is 5.67. The smallest absolute Gasteiger partial charge is 0.262 e. The third-order valence-electron chi connectivity index (χ3n) is 4.76. The summed E-state index contributed by atoms with van der Waals surface area (Å²) in [6.45, 7) is 0. The number of carbonyl (C=O) groups is 2. The average Bonchev–Trinajstić information content (AvgIpc) is 2.72.